The first-order valence-electron chi connectivity index (χ1n) is 9.65. The van der Waals surface area contributed by atoms with Crippen molar-refractivity contribution >= 4 is 21.7 Å². The monoisotopic (exact) mass is 401 g/mol. The van der Waals surface area contributed by atoms with Crippen molar-refractivity contribution in [2.45, 2.75) is 43.5 Å². The minimum atomic E-state index is -3.52. The molecule has 28 heavy (non-hydrogen) atoms. The third-order valence-electron chi connectivity index (χ3n) is 5.00. The lowest BCUT2D eigenvalue weighted by atomic mass is 10.0. The van der Waals surface area contributed by atoms with Crippen LogP contribution in [-0.4, -0.2) is 37.9 Å². The molecule has 6 nitrogen and oxygen atoms in total. The summed E-state index contributed by atoms with van der Waals surface area (Å²) in [6.45, 7) is 2.88. The van der Waals surface area contributed by atoms with E-state index in [2.05, 4.69) is 10.6 Å². The molecule has 0 aliphatic carbocycles. The average Bonchev–Trinajstić information content (AvgIpc) is 2.69. The predicted molar refractivity (Wildman–Crippen MR) is 111 cm³/mol. The molecular weight excluding hydrogens is 374 g/mol. The lowest BCUT2D eigenvalue weighted by Crippen LogP contribution is -2.45. The van der Waals surface area contributed by atoms with Gasteiger partial charge in [-0.25, -0.2) is 13.2 Å². The van der Waals surface area contributed by atoms with E-state index in [1.807, 2.05) is 49.4 Å². The van der Waals surface area contributed by atoms with Crippen LogP contribution in [0, 0.1) is 6.92 Å². The number of rotatable bonds is 6. The summed E-state index contributed by atoms with van der Waals surface area (Å²) in [6.07, 6.45) is 3.27. The number of carbonyl (C=O) groups excluding carboxylic acids is 1. The molecule has 3 rings (SSSR count). The molecule has 1 atom stereocenters. The van der Waals surface area contributed by atoms with E-state index in [1.165, 1.54) is 0 Å². The Morgan fingerprint density at radius 2 is 1.79 bits per heavy atom. The highest BCUT2D eigenvalue weighted by molar-refractivity contribution is 7.89. The number of carbonyl (C=O) groups is 1. The number of urea groups is 1. The van der Waals surface area contributed by atoms with Gasteiger partial charge in [0.2, 0.25) is 10.0 Å². The molecule has 1 saturated heterocycles. The standard InChI is InChI=1S/C21H27N3O3S/c1-17-10-12-20(13-11-17)28(26,27)24-16-6-5-9-19(24)14-15-22-21(25)23-18-7-3-2-4-8-18/h2-4,7-8,10-13,19H,5-6,9,14-16H2,1H3,(H2,22,23,25)/t19-/m1/s1. The molecule has 0 unspecified atom stereocenters. The van der Waals surface area contributed by atoms with Gasteiger partial charge in [0.05, 0.1) is 4.90 Å². The van der Waals surface area contributed by atoms with Crippen molar-refractivity contribution in [2.75, 3.05) is 18.4 Å². The third kappa shape index (κ3) is 5.11. The van der Waals surface area contributed by atoms with Crippen molar-refractivity contribution in [3.8, 4) is 0 Å². The number of piperidine rings is 1. The van der Waals surface area contributed by atoms with Gasteiger partial charge in [0.15, 0.2) is 0 Å². The number of nitrogens with one attached hydrogen (secondary N) is 2. The Morgan fingerprint density at radius 1 is 1.07 bits per heavy atom. The van der Waals surface area contributed by atoms with Crippen molar-refractivity contribution in [3.63, 3.8) is 0 Å². The minimum absolute atomic E-state index is 0.0999. The van der Waals surface area contributed by atoms with Crippen molar-refractivity contribution in [3.05, 3.63) is 60.2 Å². The normalized spacial score (nSPS) is 17.8. The maximum Gasteiger partial charge on any atom is 0.319 e. The summed E-state index contributed by atoms with van der Waals surface area (Å²) in [5, 5.41) is 5.60. The quantitative estimate of drug-likeness (QED) is 0.774. The van der Waals surface area contributed by atoms with Crippen LogP contribution in [0.5, 0.6) is 0 Å². The summed E-state index contributed by atoms with van der Waals surface area (Å²) in [4.78, 5) is 12.4. The average molecular weight is 402 g/mol. The number of nitrogens with zero attached hydrogens (tertiary/aromatic N) is 1. The zero-order valence-corrected chi connectivity index (χ0v) is 16.9. The second kappa shape index (κ2) is 9.21. The van der Waals surface area contributed by atoms with Crippen LogP contribution in [0.3, 0.4) is 0 Å². The summed E-state index contributed by atoms with van der Waals surface area (Å²) in [5.41, 5.74) is 1.75. The van der Waals surface area contributed by atoms with E-state index in [-0.39, 0.29) is 12.1 Å². The van der Waals surface area contributed by atoms with Gasteiger partial charge in [0.25, 0.3) is 0 Å². The molecule has 7 heteroatoms. The second-order valence-corrected chi connectivity index (χ2v) is 9.00. The number of sulfonamides is 1. The fourth-order valence-corrected chi connectivity index (χ4v) is 5.20. The van der Waals surface area contributed by atoms with E-state index in [1.54, 1.807) is 16.4 Å². The van der Waals surface area contributed by atoms with E-state index in [9.17, 15) is 13.2 Å². The molecule has 0 aromatic heterocycles. The molecule has 2 amide bonds. The Hall–Kier alpha value is -2.38. The zero-order chi connectivity index (χ0) is 20.0. The summed E-state index contributed by atoms with van der Waals surface area (Å²) < 4.78 is 27.8. The lowest BCUT2D eigenvalue weighted by molar-refractivity contribution is 0.234. The largest absolute Gasteiger partial charge is 0.338 e. The molecule has 1 aliphatic heterocycles. The first-order chi connectivity index (χ1) is 13.5. The van der Waals surface area contributed by atoms with Crippen molar-refractivity contribution < 1.29 is 13.2 Å². The van der Waals surface area contributed by atoms with Gasteiger partial charge >= 0.3 is 6.03 Å². The van der Waals surface area contributed by atoms with Gasteiger partial charge < -0.3 is 10.6 Å². The Morgan fingerprint density at radius 3 is 2.50 bits per heavy atom. The fourth-order valence-electron chi connectivity index (χ4n) is 3.47. The Balaban J connectivity index is 1.59. The second-order valence-electron chi connectivity index (χ2n) is 7.11. The van der Waals surface area contributed by atoms with Crippen LogP contribution >= 0.6 is 0 Å². The van der Waals surface area contributed by atoms with Crippen molar-refractivity contribution in [1.82, 2.24) is 9.62 Å². The van der Waals surface area contributed by atoms with Gasteiger partial charge in [-0.15, -0.1) is 0 Å². The van der Waals surface area contributed by atoms with Crippen molar-refractivity contribution in [1.29, 1.82) is 0 Å². The highest BCUT2D eigenvalue weighted by Gasteiger charge is 2.33. The number of aryl methyl sites for hydroxylation is 1. The lowest BCUT2D eigenvalue weighted by Gasteiger charge is -2.34. The van der Waals surface area contributed by atoms with Crippen LogP contribution in [0.15, 0.2) is 59.5 Å². The molecule has 1 heterocycles. The molecule has 2 aromatic carbocycles. The number of benzene rings is 2. The number of anilines is 1. The number of hydrogen-bond donors (Lipinski definition) is 2. The van der Waals surface area contributed by atoms with E-state index in [0.29, 0.717) is 24.4 Å². The van der Waals surface area contributed by atoms with Gasteiger partial charge in [-0.05, 0) is 50.5 Å². The maximum atomic E-state index is 13.1. The van der Waals surface area contributed by atoms with Gasteiger partial charge in [0.1, 0.15) is 0 Å². The smallest absolute Gasteiger partial charge is 0.319 e. The molecule has 0 radical (unpaired) electrons. The number of amides is 2. The van der Waals surface area contributed by atoms with Gasteiger partial charge in [-0.3, -0.25) is 0 Å². The molecular formula is C21H27N3O3S. The van der Waals surface area contributed by atoms with E-state index >= 15 is 0 Å². The predicted octanol–water partition coefficient (Wildman–Crippen LogP) is 3.75. The molecule has 2 N–H and O–H groups in total. The topological polar surface area (TPSA) is 78.5 Å². The van der Waals surface area contributed by atoms with Crippen LogP contribution in [0.2, 0.25) is 0 Å². The SMILES string of the molecule is Cc1ccc(S(=O)(=O)N2CCCC[C@@H]2CCNC(=O)Nc2ccccc2)cc1. The Bertz CT molecular complexity index is 883. The van der Waals surface area contributed by atoms with E-state index in [4.69, 9.17) is 0 Å². The first-order valence-corrected chi connectivity index (χ1v) is 11.1. The Labute approximate surface area is 167 Å². The van der Waals surface area contributed by atoms with Crippen LogP contribution in [0.4, 0.5) is 10.5 Å². The highest BCUT2D eigenvalue weighted by atomic mass is 32.2. The molecule has 0 saturated carbocycles. The summed E-state index contributed by atoms with van der Waals surface area (Å²) in [5.74, 6) is 0. The minimum Gasteiger partial charge on any atom is -0.338 e. The summed E-state index contributed by atoms with van der Waals surface area (Å²) >= 11 is 0. The number of hydrogen-bond acceptors (Lipinski definition) is 3. The molecule has 150 valence electrons. The van der Waals surface area contributed by atoms with Crippen LogP contribution in [-0.2, 0) is 10.0 Å². The van der Waals surface area contributed by atoms with E-state index < -0.39 is 10.0 Å². The maximum absolute atomic E-state index is 13.1. The molecule has 0 spiro atoms. The van der Waals surface area contributed by atoms with Gasteiger partial charge in [-0.2, -0.15) is 4.31 Å². The Kier molecular flexibility index (Phi) is 6.70. The summed E-state index contributed by atoms with van der Waals surface area (Å²) in [7, 11) is -3.52. The first kappa shape index (κ1) is 20.4. The zero-order valence-electron chi connectivity index (χ0n) is 16.1. The van der Waals surface area contributed by atoms with Crippen LogP contribution in [0.1, 0.15) is 31.2 Å². The molecule has 2 aromatic rings. The molecule has 1 fully saturated rings. The van der Waals surface area contributed by atoms with E-state index in [0.717, 1.165) is 30.5 Å². The third-order valence-corrected chi connectivity index (χ3v) is 6.96. The summed E-state index contributed by atoms with van der Waals surface area (Å²) in [6, 6.07) is 15.8. The highest BCUT2D eigenvalue weighted by Crippen LogP contribution is 2.27. The van der Waals surface area contributed by atoms with Crippen molar-refractivity contribution in [2.24, 2.45) is 0 Å². The van der Waals surface area contributed by atoms with Gasteiger partial charge in [0, 0.05) is 24.8 Å². The van der Waals surface area contributed by atoms with Crippen LogP contribution in [0.25, 0.3) is 0 Å². The van der Waals surface area contributed by atoms with Gasteiger partial charge in [-0.1, -0.05) is 42.3 Å². The fraction of sp³-hybridized carbons (Fsp3) is 0.381. The number of para-hydroxylation sites is 1. The molecule has 1 aliphatic rings. The molecule has 0 bridgehead atoms. The van der Waals surface area contributed by atoms with Crippen LogP contribution < -0.4 is 10.6 Å².